The number of benzene rings is 2. The lowest BCUT2D eigenvalue weighted by molar-refractivity contribution is -0.117. The Hall–Kier alpha value is -3.35. The first-order valence-corrected chi connectivity index (χ1v) is 9.63. The fourth-order valence-corrected chi connectivity index (χ4v) is 3.41. The summed E-state index contributed by atoms with van der Waals surface area (Å²) in [6, 6.07) is 11.7. The van der Waals surface area contributed by atoms with Crippen LogP contribution >= 0.6 is 0 Å². The van der Waals surface area contributed by atoms with Crippen molar-refractivity contribution >= 4 is 23.3 Å². The van der Waals surface area contributed by atoms with Crippen LogP contribution in [-0.4, -0.2) is 44.0 Å². The van der Waals surface area contributed by atoms with Gasteiger partial charge in [-0.3, -0.25) is 9.59 Å². The van der Waals surface area contributed by atoms with Crippen molar-refractivity contribution in [3.05, 3.63) is 53.6 Å². The summed E-state index contributed by atoms with van der Waals surface area (Å²) in [5.74, 6) is 0.109. The van der Waals surface area contributed by atoms with Gasteiger partial charge in [-0.05, 0) is 36.8 Å². The molecule has 4 rings (SSSR count). The highest BCUT2D eigenvalue weighted by molar-refractivity contribution is 6.05. The molecule has 0 radical (unpaired) electrons. The smallest absolute Gasteiger partial charge is 0.340 e. The molecule has 1 amide bonds. The molecule has 0 unspecified atom stereocenters. The van der Waals surface area contributed by atoms with E-state index in [1.165, 1.54) is 0 Å². The van der Waals surface area contributed by atoms with Gasteiger partial charge in [0.25, 0.3) is 0 Å². The lowest BCUT2D eigenvalue weighted by Gasteiger charge is -2.18. The molecule has 0 bridgehead atoms. The summed E-state index contributed by atoms with van der Waals surface area (Å²) >= 11 is 0. The van der Waals surface area contributed by atoms with Crippen LogP contribution in [0.4, 0.5) is 5.69 Å². The maximum atomic E-state index is 12.6. The number of hydrogen-bond acceptors (Lipinski definition) is 6. The van der Waals surface area contributed by atoms with Crippen LogP contribution in [-0.2, 0) is 9.53 Å². The lowest BCUT2D eigenvalue weighted by atomic mass is 10.1. The molecule has 29 heavy (non-hydrogen) atoms. The Morgan fingerprint density at radius 3 is 2.59 bits per heavy atom. The average Bonchev–Trinajstić information content (AvgIpc) is 3.03. The number of carbonyl (C=O) groups is 3. The standard InChI is InChI=1S/C22H21NO6/c24-18(15-8-9-19-20(13-15)28-12-4-11-27-19)14-29-22(26)16-5-1-2-6-17(16)23-10-3-7-21(23)25/h1-2,5-6,8-9,13H,3-4,7,10-12,14H2. The number of amides is 1. The minimum atomic E-state index is -0.636. The van der Waals surface area contributed by atoms with Gasteiger partial charge in [-0.1, -0.05) is 12.1 Å². The number of carbonyl (C=O) groups excluding carboxylic acids is 3. The number of nitrogens with zero attached hydrogens (tertiary/aromatic N) is 1. The second-order valence-corrected chi connectivity index (χ2v) is 6.88. The van der Waals surface area contributed by atoms with Crippen LogP contribution in [0.1, 0.15) is 40.0 Å². The van der Waals surface area contributed by atoms with Gasteiger partial charge in [0, 0.05) is 24.9 Å². The van der Waals surface area contributed by atoms with Crippen molar-refractivity contribution in [3.8, 4) is 11.5 Å². The van der Waals surface area contributed by atoms with Gasteiger partial charge in [-0.15, -0.1) is 0 Å². The van der Waals surface area contributed by atoms with E-state index in [-0.39, 0.29) is 17.3 Å². The zero-order valence-electron chi connectivity index (χ0n) is 15.9. The Bertz CT molecular complexity index is 954. The molecular weight excluding hydrogens is 374 g/mol. The number of hydrogen-bond donors (Lipinski definition) is 0. The number of rotatable bonds is 5. The van der Waals surface area contributed by atoms with Crippen LogP contribution in [0.3, 0.4) is 0 Å². The Morgan fingerprint density at radius 2 is 1.79 bits per heavy atom. The molecule has 2 aliphatic heterocycles. The summed E-state index contributed by atoms with van der Waals surface area (Å²) in [4.78, 5) is 38.7. The molecule has 2 aromatic carbocycles. The molecule has 2 heterocycles. The maximum absolute atomic E-state index is 12.6. The third-order valence-electron chi connectivity index (χ3n) is 4.89. The van der Waals surface area contributed by atoms with E-state index in [2.05, 4.69) is 0 Å². The van der Waals surface area contributed by atoms with Gasteiger partial charge in [0.1, 0.15) is 0 Å². The molecule has 0 atom stereocenters. The highest BCUT2D eigenvalue weighted by Crippen LogP contribution is 2.31. The zero-order valence-corrected chi connectivity index (χ0v) is 15.9. The fourth-order valence-electron chi connectivity index (χ4n) is 3.41. The molecule has 2 aliphatic rings. The Labute approximate surface area is 168 Å². The van der Waals surface area contributed by atoms with Crippen molar-refractivity contribution in [2.24, 2.45) is 0 Å². The van der Waals surface area contributed by atoms with Gasteiger partial charge in [0.05, 0.1) is 24.5 Å². The Kier molecular flexibility index (Phi) is 5.46. The van der Waals surface area contributed by atoms with Crippen LogP contribution in [0.5, 0.6) is 11.5 Å². The van der Waals surface area contributed by atoms with E-state index in [0.717, 1.165) is 12.8 Å². The normalized spacial score (nSPS) is 15.7. The molecule has 150 valence electrons. The largest absolute Gasteiger partial charge is 0.490 e. The van der Waals surface area contributed by atoms with E-state index < -0.39 is 12.6 Å². The number of ether oxygens (including phenoxy) is 3. The van der Waals surface area contributed by atoms with E-state index in [4.69, 9.17) is 14.2 Å². The number of fused-ring (bicyclic) bond motifs is 1. The first-order chi connectivity index (χ1) is 14.1. The maximum Gasteiger partial charge on any atom is 0.340 e. The minimum Gasteiger partial charge on any atom is -0.490 e. The second-order valence-electron chi connectivity index (χ2n) is 6.88. The molecule has 1 fully saturated rings. The van der Waals surface area contributed by atoms with Crippen molar-refractivity contribution in [1.29, 1.82) is 0 Å². The molecule has 7 heteroatoms. The molecule has 0 aromatic heterocycles. The summed E-state index contributed by atoms with van der Waals surface area (Å²) in [7, 11) is 0. The van der Waals surface area contributed by atoms with E-state index in [9.17, 15) is 14.4 Å². The number of para-hydroxylation sites is 1. The van der Waals surface area contributed by atoms with Crippen LogP contribution in [0.2, 0.25) is 0 Å². The molecule has 0 aliphatic carbocycles. The molecule has 2 aromatic rings. The Morgan fingerprint density at radius 1 is 1.00 bits per heavy atom. The van der Waals surface area contributed by atoms with E-state index in [0.29, 0.717) is 48.9 Å². The van der Waals surface area contributed by atoms with Crippen molar-refractivity contribution in [3.63, 3.8) is 0 Å². The van der Waals surface area contributed by atoms with Crippen molar-refractivity contribution in [1.82, 2.24) is 0 Å². The summed E-state index contributed by atoms with van der Waals surface area (Å²) in [5, 5.41) is 0. The van der Waals surface area contributed by atoms with Gasteiger partial charge < -0.3 is 19.1 Å². The fraction of sp³-hybridized carbons (Fsp3) is 0.318. The zero-order chi connectivity index (χ0) is 20.2. The summed E-state index contributed by atoms with van der Waals surface area (Å²) in [6.07, 6.45) is 1.99. The minimum absolute atomic E-state index is 0.0199. The predicted molar refractivity (Wildman–Crippen MR) is 105 cm³/mol. The van der Waals surface area contributed by atoms with Gasteiger partial charge >= 0.3 is 5.97 Å². The van der Waals surface area contributed by atoms with Crippen LogP contribution < -0.4 is 14.4 Å². The SMILES string of the molecule is O=C(COC(=O)c1ccccc1N1CCCC1=O)c1ccc2c(c1)OCCCO2. The molecule has 7 nitrogen and oxygen atoms in total. The molecular formula is C22H21NO6. The molecule has 0 N–H and O–H groups in total. The van der Waals surface area contributed by atoms with Gasteiger partial charge in [-0.2, -0.15) is 0 Å². The first-order valence-electron chi connectivity index (χ1n) is 9.63. The van der Waals surface area contributed by atoms with Gasteiger partial charge in [0.15, 0.2) is 23.9 Å². The predicted octanol–water partition coefficient (Wildman–Crippen LogP) is 3.01. The van der Waals surface area contributed by atoms with Gasteiger partial charge in [-0.25, -0.2) is 4.79 Å². The van der Waals surface area contributed by atoms with Crippen LogP contribution in [0.15, 0.2) is 42.5 Å². The third kappa shape index (κ3) is 4.08. The van der Waals surface area contributed by atoms with Crippen molar-refractivity contribution < 1.29 is 28.6 Å². The summed E-state index contributed by atoms with van der Waals surface area (Å²) in [5.41, 5.74) is 1.17. The van der Waals surface area contributed by atoms with E-state index in [1.54, 1.807) is 47.4 Å². The number of ketones is 1. The molecule has 1 saturated heterocycles. The summed E-state index contributed by atoms with van der Waals surface area (Å²) < 4.78 is 16.4. The average molecular weight is 395 g/mol. The highest BCUT2D eigenvalue weighted by atomic mass is 16.5. The molecule has 0 saturated carbocycles. The van der Waals surface area contributed by atoms with Crippen molar-refractivity contribution in [2.75, 3.05) is 31.3 Å². The monoisotopic (exact) mass is 395 g/mol. The second kappa shape index (κ2) is 8.34. The van der Waals surface area contributed by atoms with Gasteiger partial charge in [0.2, 0.25) is 5.91 Å². The number of anilines is 1. The van der Waals surface area contributed by atoms with Crippen LogP contribution in [0.25, 0.3) is 0 Å². The Balaban J connectivity index is 1.44. The number of Topliss-reactive ketones (excluding diaryl/α,β-unsaturated/α-hetero) is 1. The number of esters is 1. The van der Waals surface area contributed by atoms with E-state index >= 15 is 0 Å². The van der Waals surface area contributed by atoms with E-state index in [1.807, 2.05) is 0 Å². The lowest BCUT2D eigenvalue weighted by Crippen LogP contribution is -2.26. The topological polar surface area (TPSA) is 82.1 Å². The molecule has 0 spiro atoms. The highest BCUT2D eigenvalue weighted by Gasteiger charge is 2.26. The third-order valence-corrected chi connectivity index (χ3v) is 4.89. The van der Waals surface area contributed by atoms with Crippen molar-refractivity contribution in [2.45, 2.75) is 19.3 Å². The summed E-state index contributed by atoms with van der Waals surface area (Å²) in [6.45, 7) is 1.25. The quantitative estimate of drug-likeness (QED) is 0.572. The van der Waals surface area contributed by atoms with Crippen LogP contribution in [0, 0.1) is 0 Å². The first kappa shape index (κ1) is 19.0.